The van der Waals surface area contributed by atoms with Gasteiger partial charge in [-0.05, 0) is 45.5 Å². The van der Waals surface area contributed by atoms with Crippen molar-refractivity contribution in [1.82, 2.24) is 0 Å². The van der Waals surface area contributed by atoms with Crippen molar-refractivity contribution in [3.05, 3.63) is 76.8 Å². The third-order valence-electron chi connectivity index (χ3n) is 5.41. The maximum atomic E-state index is 13.6. The van der Waals surface area contributed by atoms with Crippen LogP contribution in [-0.2, 0) is 9.59 Å². The van der Waals surface area contributed by atoms with Crippen LogP contribution in [0.1, 0.15) is 43.6 Å². The Labute approximate surface area is 192 Å². The number of anilines is 1. The quantitative estimate of drug-likeness (QED) is 0.450. The lowest BCUT2D eigenvalue weighted by Crippen LogP contribution is -2.42. The molecule has 31 heavy (non-hydrogen) atoms. The van der Waals surface area contributed by atoms with Crippen LogP contribution < -0.4 is 4.90 Å². The summed E-state index contributed by atoms with van der Waals surface area (Å²) in [6.45, 7) is 6.88. The first-order valence-corrected chi connectivity index (χ1v) is 11.7. The van der Waals surface area contributed by atoms with Crippen LogP contribution in [0, 0.1) is 5.41 Å². The fourth-order valence-electron chi connectivity index (χ4n) is 4.14. The molecule has 0 aromatic heterocycles. The van der Waals surface area contributed by atoms with Crippen LogP contribution in [0.5, 0.6) is 0 Å². The van der Waals surface area contributed by atoms with Gasteiger partial charge in [-0.15, -0.1) is 11.8 Å². The molecule has 3 nitrogen and oxygen atoms in total. The van der Waals surface area contributed by atoms with Crippen molar-refractivity contribution < 1.29 is 9.59 Å². The third kappa shape index (κ3) is 4.51. The van der Waals surface area contributed by atoms with E-state index in [0.717, 1.165) is 27.6 Å². The normalized spacial score (nSPS) is 19.2. The summed E-state index contributed by atoms with van der Waals surface area (Å²) < 4.78 is 0. The molecule has 1 aliphatic rings. The Bertz CT molecular complexity index is 1130. The molecule has 0 N–H and O–H groups in total. The third-order valence-corrected chi connectivity index (χ3v) is 7.12. The number of thioether (sulfide) groups is 1. The first kappa shape index (κ1) is 21.9. The molecule has 5 heteroatoms. The Kier molecular flexibility index (Phi) is 6.14. The molecular weight excluding hydrogens is 426 g/mol. The van der Waals surface area contributed by atoms with Crippen molar-refractivity contribution in [1.29, 1.82) is 0 Å². The van der Waals surface area contributed by atoms with E-state index in [2.05, 4.69) is 45.0 Å². The minimum Gasteiger partial charge on any atom is -0.311 e. The second kappa shape index (κ2) is 8.68. The molecule has 0 spiro atoms. The van der Waals surface area contributed by atoms with E-state index in [1.54, 1.807) is 0 Å². The number of hydrogen-bond donors (Lipinski definition) is 0. The smallest absolute Gasteiger partial charge is 0.240 e. The summed E-state index contributed by atoms with van der Waals surface area (Å²) in [5.74, 6) is -0.0467. The highest BCUT2D eigenvalue weighted by Gasteiger charge is 2.38. The van der Waals surface area contributed by atoms with Crippen LogP contribution in [0.15, 0.2) is 60.7 Å². The van der Waals surface area contributed by atoms with E-state index < -0.39 is 5.25 Å². The molecule has 2 atom stereocenters. The zero-order valence-corrected chi connectivity index (χ0v) is 19.5. The monoisotopic (exact) mass is 450 g/mol. The molecule has 1 radical (unpaired) electrons. The maximum absolute atomic E-state index is 13.6. The average molecular weight is 451 g/mol. The van der Waals surface area contributed by atoms with E-state index >= 15 is 0 Å². The van der Waals surface area contributed by atoms with Gasteiger partial charge in [0.1, 0.15) is 0 Å². The molecule has 0 fully saturated rings. The topological polar surface area (TPSA) is 37.4 Å². The van der Waals surface area contributed by atoms with E-state index in [1.807, 2.05) is 47.6 Å². The second-order valence-electron chi connectivity index (χ2n) is 9.11. The van der Waals surface area contributed by atoms with Crippen LogP contribution in [0.25, 0.3) is 10.8 Å². The average Bonchev–Trinajstić information content (AvgIpc) is 2.83. The molecule has 2 unspecified atom stereocenters. The highest BCUT2D eigenvalue weighted by atomic mass is 35.5. The fourth-order valence-corrected chi connectivity index (χ4v) is 5.74. The Morgan fingerprint density at radius 1 is 1.03 bits per heavy atom. The van der Waals surface area contributed by atoms with Gasteiger partial charge in [-0.3, -0.25) is 9.59 Å². The second-order valence-corrected chi connectivity index (χ2v) is 10.9. The predicted molar refractivity (Wildman–Crippen MR) is 131 cm³/mol. The number of rotatable bonds is 4. The lowest BCUT2D eigenvalue weighted by molar-refractivity contribution is -0.118. The predicted octanol–water partition coefficient (Wildman–Crippen LogP) is 6.58. The van der Waals surface area contributed by atoms with E-state index in [0.29, 0.717) is 11.6 Å². The van der Waals surface area contributed by atoms with Gasteiger partial charge >= 0.3 is 0 Å². The zero-order chi connectivity index (χ0) is 22.2. The van der Waals surface area contributed by atoms with Gasteiger partial charge in [-0.2, -0.15) is 0 Å². The van der Waals surface area contributed by atoms with Gasteiger partial charge in [-0.1, -0.05) is 74.8 Å². The number of carbonyl (C=O) groups excluding carboxylic acids is 2. The minimum atomic E-state index is -0.505. The molecule has 0 aliphatic carbocycles. The van der Waals surface area contributed by atoms with Crippen LogP contribution in [0.4, 0.5) is 5.69 Å². The molecule has 159 valence electrons. The Balaban J connectivity index is 1.96. The summed E-state index contributed by atoms with van der Waals surface area (Å²) in [7, 11) is 0. The molecule has 3 aromatic carbocycles. The van der Waals surface area contributed by atoms with Crippen LogP contribution in [0.2, 0.25) is 5.02 Å². The number of amides is 1. The standard InChI is InChI=1S/C26H25ClNO2S/c1-26(2,3)16-28-22-12-11-18(27)15-21(22)24(31-23(13-14-29)25(28)30)20-10-6-8-17-7-4-5-9-19(17)20/h4-12,15,23-24H,13,16H2,1-3H3. The number of benzene rings is 3. The number of carbonyl (C=O) groups is 1. The summed E-state index contributed by atoms with van der Waals surface area (Å²) >= 11 is 7.96. The Morgan fingerprint density at radius 2 is 1.77 bits per heavy atom. The minimum absolute atomic E-state index is 0.0467. The van der Waals surface area contributed by atoms with E-state index in [9.17, 15) is 9.59 Å². The van der Waals surface area contributed by atoms with E-state index in [4.69, 9.17) is 11.6 Å². The van der Waals surface area contributed by atoms with Gasteiger partial charge in [0.2, 0.25) is 5.91 Å². The largest absolute Gasteiger partial charge is 0.311 e. The van der Waals surface area contributed by atoms with Crippen molar-refractivity contribution in [2.24, 2.45) is 5.41 Å². The first-order valence-electron chi connectivity index (χ1n) is 10.4. The van der Waals surface area contributed by atoms with Gasteiger partial charge < -0.3 is 4.90 Å². The summed E-state index contributed by atoms with van der Waals surface area (Å²) in [5.41, 5.74) is 2.88. The molecule has 4 rings (SSSR count). The van der Waals surface area contributed by atoms with Crippen LogP contribution in [-0.4, -0.2) is 24.0 Å². The Morgan fingerprint density at radius 3 is 2.52 bits per heavy atom. The lowest BCUT2D eigenvalue weighted by atomic mass is 9.93. The van der Waals surface area contributed by atoms with E-state index in [-0.39, 0.29) is 23.0 Å². The van der Waals surface area contributed by atoms with Gasteiger partial charge in [-0.25, -0.2) is 0 Å². The molecule has 0 saturated carbocycles. The first-order chi connectivity index (χ1) is 14.8. The molecule has 1 aliphatic heterocycles. The maximum Gasteiger partial charge on any atom is 0.240 e. The van der Waals surface area contributed by atoms with Gasteiger partial charge in [0.05, 0.1) is 10.5 Å². The molecule has 3 aromatic rings. The fraction of sp³-hybridized carbons (Fsp3) is 0.308. The Hall–Kier alpha value is -2.30. The van der Waals surface area contributed by atoms with Crippen LogP contribution in [0.3, 0.4) is 0 Å². The van der Waals surface area contributed by atoms with E-state index in [1.165, 1.54) is 11.8 Å². The summed E-state index contributed by atoms with van der Waals surface area (Å²) in [6.07, 6.45) is 2.04. The summed E-state index contributed by atoms with van der Waals surface area (Å²) in [4.78, 5) is 26.8. The molecule has 1 amide bonds. The summed E-state index contributed by atoms with van der Waals surface area (Å²) in [6, 6.07) is 20.2. The molecule has 0 bridgehead atoms. The zero-order valence-electron chi connectivity index (χ0n) is 17.9. The van der Waals surface area contributed by atoms with Crippen molar-refractivity contribution >= 4 is 52.0 Å². The van der Waals surface area contributed by atoms with Crippen molar-refractivity contribution in [2.45, 2.75) is 37.7 Å². The number of fused-ring (bicyclic) bond motifs is 2. The summed E-state index contributed by atoms with van der Waals surface area (Å²) in [5, 5.41) is 2.28. The van der Waals surface area contributed by atoms with Crippen LogP contribution >= 0.6 is 23.4 Å². The highest BCUT2D eigenvalue weighted by molar-refractivity contribution is 8.01. The lowest BCUT2D eigenvalue weighted by Gasteiger charge is -2.31. The highest BCUT2D eigenvalue weighted by Crippen LogP contribution is 2.49. The van der Waals surface area contributed by atoms with Crippen molar-refractivity contribution in [3.63, 3.8) is 0 Å². The number of hydrogen-bond acceptors (Lipinski definition) is 3. The molecule has 0 saturated heterocycles. The molecule has 1 heterocycles. The van der Waals surface area contributed by atoms with Gasteiger partial charge in [0.15, 0.2) is 6.29 Å². The SMILES string of the molecule is CC(C)(C)CN1C(=O)C(C[C]=O)SC(c2cccc3ccccc23)c2cc(Cl)ccc21. The molecular formula is C26H25ClNO2S. The van der Waals surface area contributed by atoms with Gasteiger partial charge in [0.25, 0.3) is 0 Å². The van der Waals surface area contributed by atoms with Crippen molar-refractivity contribution in [3.8, 4) is 0 Å². The number of nitrogens with zero attached hydrogens (tertiary/aromatic N) is 1. The van der Waals surface area contributed by atoms with Gasteiger partial charge in [0, 0.05) is 23.7 Å². The number of halogens is 1. The van der Waals surface area contributed by atoms with Crippen molar-refractivity contribution in [2.75, 3.05) is 11.4 Å².